The highest BCUT2D eigenvalue weighted by Crippen LogP contribution is 2.41. The predicted octanol–water partition coefficient (Wildman–Crippen LogP) is -3.46. The Balaban J connectivity index is 1.52. The van der Waals surface area contributed by atoms with Crippen molar-refractivity contribution in [3.8, 4) is 0 Å². The first-order valence-electron chi connectivity index (χ1n) is 13.3. The van der Waals surface area contributed by atoms with E-state index in [2.05, 4.69) is 15.4 Å². The van der Waals surface area contributed by atoms with Gasteiger partial charge in [-0.1, -0.05) is 24.3 Å². The molecule has 44 heavy (non-hydrogen) atoms. The number of ether oxygens (including phenoxy) is 1. The topological polar surface area (TPSA) is 172 Å². The molecule has 0 aliphatic carbocycles. The number of allylic oxidation sites excluding steroid dienone is 3. The molecule has 1 aromatic rings. The van der Waals surface area contributed by atoms with Crippen LogP contribution >= 0.6 is 0 Å². The first-order chi connectivity index (χ1) is 20.3. The molecule has 3 heterocycles. The highest BCUT2D eigenvalue weighted by atomic mass is 19.1. The number of rotatable bonds is 7. The molecule has 18 heteroatoms. The lowest BCUT2D eigenvalue weighted by atomic mass is 9.49. The Labute approximate surface area is 259 Å². The van der Waals surface area contributed by atoms with E-state index in [9.17, 15) is 34.8 Å². The standard InChI is InChI=1S/C26H26B5FN4O8/c1-2-3-4-17-16(13-35(20(17)38)22(27)8-7-19(37)34-21(22)39)11-33-10-15-6-5-14(9-18(15)32)12-36-23(28,29)24(30,40)44-25(31,41)26(36,42)43/h2-6,9,11,33,40-43H,7-8,10,12-13H2,1H3,(H,34,37,39)/b3-2-,16-11+,17-4+. The second kappa shape index (κ2) is 11.7. The van der Waals surface area contributed by atoms with Crippen LogP contribution in [0.5, 0.6) is 0 Å². The summed E-state index contributed by atoms with van der Waals surface area (Å²) in [5.74, 6) is -6.02. The van der Waals surface area contributed by atoms with Gasteiger partial charge in [0.25, 0.3) is 11.8 Å². The minimum atomic E-state index is -3.48. The molecule has 220 valence electrons. The van der Waals surface area contributed by atoms with Gasteiger partial charge in [0.2, 0.25) is 11.8 Å². The Kier molecular flexibility index (Phi) is 8.94. The zero-order chi connectivity index (χ0) is 32.9. The summed E-state index contributed by atoms with van der Waals surface area (Å²) in [6, 6.07) is 3.74. The number of nitrogens with zero attached hydrogens (tertiary/aromatic N) is 2. The van der Waals surface area contributed by atoms with Gasteiger partial charge in [0.15, 0.2) is 21.4 Å². The third-order valence-electron chi connectivity index (χ3n) is 7.68. The Morgan fingerprint density at radius 3 is 2.39 bits per heavy atom. The number of likely N-dealkylation sites (tertiary alicyclic amines) is 1. The molecule has 3 aliphatic rings. The van der Waals surface area contributed by atoms with Crippen molar-refractivity contribution in [2.24, 2.45) is 0 Å². The normalized spacial score (nSPS) is 32.5. The van der Waals surface area contributed by atoms with E-state index in [1.54, 1.807) is 25.2 Å². The largest absolute Gasteiger partial charge is 0.386 e. The van der Waals surface area contributed by atoms with Crippen LogP contribution in [0.1, 0.15) is 30.9 Å². The summed E-state index contributed by atoms with van der Waals surface area (Å²) in [6.07, 6.45) is 6.28. The fourth-order valence-electron chi connectivity index (χ4n) is 4.97. The zero-order valence-electron chi connectivity index (χ0n) is 23.7. The number of piperidine rings is 1. The molecule has 0 saturated carbocycles. The molecule has 0 bridgehead atoms. The van der Waals surface area contributed by atoms with E-state index in [0.29, 0.717) is 10.5 Å². The lowest BCUT2D eigenvalue weighted by Gasteiger charge is -2.63. The van der Waals surface area contributed by atoms with Gasteiger partial charge in [-0.15, -0.1) is 0 Å². The van der Waals surface area contributed by atoms with Crippen molar-refractivity contribution in [1.82, 2.24) is 20.4 Å². The molecule has 3 unspecified atom stereocenters. The van der Waals surface area contributed by atoms with Gasteiger partial charge in [-0.2, -0.15) is 0 Å². The van der Waals surface area contributed by atoms with E-state index in [0.717, 1.165) is 6.07 Å². The van der Waals surface area contributed by atoms with Gasteiger partial charge in [-0.25, -0.2) is 4.39 Å². The lowest BCUT2D eigenvalue weighted by Crippen LogP contribution is -2.84. The summed E-state index contributed by atoms with van der Waals surface area (Å²) >= 11 is 0. The second-order valence-corrected chi connectivity index (χ2v) is 10.8. The van der Waals surface area contributed by atoms with Crippen molar-refractivity contribution in [3.05, 3.63) is 70.7 Å². The third-order valence-corrected chi connectivity index (χ3v) is 7.68. The molecule has 3 atom stereocenters. The fourth-order valence-corrected chi connectivity index (χ4v) is 4.97. The average molecular weight is 596 g/mol. The van der Waals surface area contributed by atoms with Crippen molar-refractivity contribution in [2.45, 2.75) is 60.9 Å². The van der Waals surface area contributed by atoms with Gasteiger partial charge in [0.05, 0.1) is 21.1 Å². The summed E-state index contributed by atoms with van der Waals surface area (Å²) in [7, 11) is 28.7. The van der Waals surface area contributed by atoms with Crippen LogP contribution in [-0.2, 0) is 32.2 Å². The van der Waals surface area contributed by atoms with Gasteiger partial charge in [0.1, 0.15) is 19.3 Å². The predicted molar refractivity (Wildman–Crippen MR) is 156 cm³/mol. The quantitative estimate of drug-likeness (QED) is 0.0806. The Morgan fingerprint density at radius 2 is 1.77 bits per heavy atom. The smallest absolute Gasteiger partial charge is 0.270 e. The van der Waals surface area contributed by atoms with Crippen molar-refractivity contribution < 1.29 is 43.9 Å². The van der Waals surface area contributed by atoms with E-state index in [4.69, 9.17) is 39.2 Å². The number of hydrogen-bond acceptors (Lipinski definition) is 10. The number of halogens is 1. The molecule has 0 aromatic heterocycles. The van der Waals surface area contributed by atoms with Crippen molar-refractivity contribution >= 4 is 57.0 Å². The van der Waals surface area contributed by atoms with Gasteiger partial charge in [0, 0.05) is 43.4 Å². The maximum absolute atomic E-state index is 15.1. The van der Waals surface area contributed by atoms with E-state index < -0.39 is 58.1 Å². The number of carbonyl (C=O) groups excluding carboxylic acids is 3. The molecular weight excluding hydrogens is 569 g/mol. The Hall–Kier alpha value is -3.14. The number of imide groups is 1. The fraction of sp³-hybridized carbons (Fsp3) is 0.423. The average Bonchev–Trinajstić information content (AvgIpc) is 3.23. The van der Waals surface area contributed by atoms with Crippen molar-refractivity contribution in [2.75, 3.05) is 6.54 Å². The SMILES string of the molecule is [B]C1(N2CC(=C\NCc3ccc(CN4C([B])([B])C([B])(O)OC([B])(O)C4(O)O)cc3F)/C(=C\C=C/C)C2=O)CCC(=O)NC1=O. The first-order valence-corrected chi connectivity index (χ1v) is 13.3. The molecule has 3 amide bonds. The highest BCUT2D eigenvalue weighted by molar-refractivity contribution is 6.45. The maximum atomic E-state index is 15.1. The summed E-state index contributed by atoms with van der Waals surface area (Å²) in [4.78, 5) is 38.9. The summed E-state index contributed by atoms with van der Waals surface area (Å²) in [5, 5.41) is 43.6. The van der Waals surface area contributed by atoms with Crippen LogP contribution in [-0.4, -0.2) is 122 Å². The summed E-state index contributed by atoms with van der Waals surface area (Å²) in [5.41, 5.74) is -7.26. The number of nitrogens with one attached hydrogen (secondary N) is 2. The molecule has 3 aliphatic heterocycles. The highest BCUT2D eigenvalue weighted by Gasteiger charge is 2.64. The second-order valence-electron chi connectivity index (χ2n) is 10.8. The molecule has 6 N–H and O–H groups in total. The van der Waals surface area contributed by atoms with Crippen LogP contribution in [0.3, 0.4) is 0 Å². The lowest BCUT2D eigenvalue weighted by molar-refractivity contribution is -0.467. The Bertz CT molecular complexity index is 1440. The number of aliphatic hydroxyl groups is 4. The number of hydrogen-bond donors (Lipinski definition) is 6. The van der Waals surface area contributed by atoms with Gasteiger partial charge in [-0.3, -0.25) is 24.6 Å². The monoisotopic (exact) mass is 596 g/mol. The summed E-state index contributed by atoms with van der Waals surface area (Å²) in [6.45, 7) is 0.946. The molecule has 0 spiro atoms. The molecule has 3 saturated heterocycles. The maximum Gasteiger partial charge on any atom is 0.270 e. The number of morpholine rings is 1. The van der Waals surface area contributed by atoms with E-state index >= 15 is 4.39 Å². The van der Waals surface area contributed by atoms with Crippen LogP contribution in [0.2, 0.25) is 0 Å². The van der Waals surface area contributed by atoms with Crippen LogP contribution in [0, 0.1) is 5.82 Å². The van der Waals surface area contributed by atoms with Crippen LogP contribution in [0.25, 0.3) is 0 Å². The van der Waals surface area contributed by atoms with Crippen molar-refractivity contribution in [3.63, 3.8) is 0 Å². The number of amides is 3. The molecule has 4 rings (SSSR count). The van der Waals surface area contributed by atoms with E-state index in [1.165, 1.54) is 23.2 Å². The van der Waals surface area contributed by atoms with Gasteiger partial charge >= 0.3 is 0 Å². The van der Waals surface area contributed by atoms with Crippen molar-refractivity contribution in [1.29, 1.82) is 0 Å². The first kappa shape index (κ1) is 33.8. The van der Waals surface area contributed by atoms with Gasteiger partial charge < -0.3 is 35.4 Å². The van der Waals surface area contributed by atoms with Gasteiger partial charge in [-0.05, 0) is 42.0 Å². The number of benzene rings is 1. The van der Waals surface area contributed by atoms with Crippen LogP contribution in [0.15, 0.2) is 53.8 Å². The minimum Gasteiger partial charge on any atom is -0.386 e. The molecule has 3 fully saturated rings. The van der Waals surface area contributed by atoms with Crippen LogP contribution < -0.4 is 10.6 Å². The molecule has 10 radical (unpaired) electrons. The molecule has 12 nitrogen and oxygen atoms in total. The Morgan fingerprint density at radius 1 is 1.09 bits per heavy atom. The summed E-state index contributed by atoms with van der Waals surface area (Å²) < 4.78 is 19.6. The minimum absolute atomic E-state index is 0.0344. The third kappa shape index (κ3) is 5.82. The molecular formula is C26H26B5FN4O8. The molecule has 1 aromatic carbocycles. The number of carbonyl (C=O) groups is 3. The zero-order valence-corrected chi connectivity index (χ0v) is 23.7. The van der Waals surface area contributed by atoms with Crippen LogP contribution in [0.4, 0.5) is 4.39 Å². The van der Waals surface area contributed by atoms with E-state index in [1.807, 2.05) is 0 Å². The van der Waals surface area contributed by atoms with E-state index in [-0.39, 0.29) is 42.6 Å².